The Morgan fingerprint density at radius 2 is 2.31 bits per heavy atom. The van der Waals surface area contributed by atoms with E-state index in [1.807, 2.05) is 0 Å². The van der Waals surface area contributed by atoms with Crippen LogP contribution in [0.5, 0.6) is 0 Å². The van der Waals surface area contributed by atoms with Gasteiger partial charge in [0.15, 0.2) is 0 Å². The van der Waals surface area contributed by atoms with Crippen LogP contribution in [-0.4, -0.2) is 27.6 Å². The molecular weight excluding hydrogens is 214 g/mol. The number of hydrogen-bond acceptors (Lipinski definition) is 5. The van der Waals surface area contributed by atoms with Crippen LogP contribution < -0.4 is 0 Å². The summed E-state index contributed by atoms with van der Waals surface area (Å²) in [7, 11) is -4.24. The highest BCUT2D eigenvalue weighted by molar-refractivity contribution is 7.85. The molecule has 2 heterocycles. The largest absolute Gasteiger partial charge is 0.314 e. The Balaban J connectivity index is 2.94. The van der Waals surface area contributed by atoms with Gasteiger partial charge >= 0.3 is 10.1 Å². The monoisotopic (exact) mass is 219 g/mol. The van der Waals surface area contributed by atoms with Crippen molar-refractivity contribution in [3.05, 3.63) is 11.2 Å². The van der Waals surface area contributed by atoms with Gasteiger partial charge in [-0.15, -0.1) is 0 Å². The third-order valence-electron chi connectivity index (χ3n) is 1.51. The lowest BCUT2D eigenvalue weighted by atomic mass is 10.6. The molecule has 0 aliphatic carbocycles. The highest BCUT2D eigenvalue weighted by Gasteiger charge is 2.21. The molecule has 0 spiro atoms. The average Bonchev–Trinajstić information content (AvgIpc) is 2.41. The van der Waals surface area contributed by atoms with Gasteiger partial charge in [0, 0.05) is 0 Å². The fourth-order valence-corrected chi connectivity index (χ4v) is 2.56. The van der Waals surface area contributed by atoms with Crippen molar-refractivity contribution >= 4 is 26.4 Å². The van der Waals surface area contributed by atoms with Crippen LogP contribution in [0.1, 0.15) is 5.69 Å². The van der Waals surface area contributed by atoms with Gasteiger partial charge in [-0.05, 0) is 6.92 Å². The molecule has 2 aromatic heterocycles. The van der Waals surface area contributed by atoms with Crippen molar-refractivity contribution < 1.29 is 13.0 Å². The molecule has 0 aliphatic rings. The summed E-state index contributed by atoms with van der Waals surface area (Å²) in [6.07, 6.45) is 0. The average molecular weight is 219 g/mol. The Morgan fingerprint density at radius 3 is 2.92 bits per heavy atom. The zero-order chi connectivity index (χ0) is 9.64. The number of hydrogen-bond donors (Lipinski definition) is 1. The summed E-state index contributed by atoms with van der Waals surface area (Å²) >= 11 is 1.20. The third kappa shape index (κ3) is 1.23. The van der Waals surface area contributed by atoms with E-state index in [4.69, 9.17) is 4.55 Å². The molecule has 0 fully saturated rings. The highest BCUT2D eigenvalue weighted by atomic mass is 32.2. The van der Waals surface area contributed by atoms with Crippen LogP contribution in [0.3, 0.4) is 0 Å². The minimum Gasteiger partial charge on any atom is -0.281 e. The van der Waals surface area contributed by atoms with E-state index >= 15 is 0 Å². The summed E-state index contributed by atoms with van der Waals surface area (Å²) in [5.41, 5.74) is 1.71. The van der Waals surface area contributed by atoms with E-state index in [0.717, 1.165) is 4.52 Å². The van der Waals surface area contributed by atoms with E-state index in [0.29, 0.717) is 4.96 Å². The maximum absolute atomic E-state index is 10.9. The van der Waals surface area contributed by atoms with Crippen molar-refractivity contribution in [3.8, 4) is 0 Å². The van der Waals surface area contributed by atoms with Gasteiger partial charge in [-0.25, -0.2) is 4.98 Å². The molecule has 0 unspecified atom stereocenters. The lowest BCUT2D eigenvalue weighted by Gasteiger charge is -1.92. The molecule has 0 radical (unpaired) electrons. The predicted octanol–water partition coefficient (Wildman–Crippen LogP) is 0.346. The molecule has 0 bridgehead atoms. The molecule has 0 saturated heterocycles. The summed E-state index contributed by atoms with van der Waals surface area (Å²) in [6, 6.07) is 0. The molecule has 6 nitrogen and oxygen atoms in total. The molecule has 2 rings (SSSR count). The fourth-order valence-electron chi connectivity index (χ4n) is 1.07. The number of fused-ring (bicyclic) bond motifs is 1. The van der Waals surface area contributed by atoms with Gasteiger partial charge in [0.25, 0.3) is 0 Å². The van der Waals surface area contributed by atoms with Crippen molar-refractivity contribution in [2.24, 2.45) is 0 Å². The minimum absolute atomic E-state index is 0.252. The summed E-state index contributed by atoms with van der Waals surface area (Å²) in [5.74, 6) is 0. The Bertz CT molecular complexity index is 553. The number of rotatable bonds is 1. The van der Waals surface area contributed by atoms with Crippen LogP contribution >= 0.6 is 11.3 Å². The topological polar surface area (TPSA) is 84.6 Å². The van der Waals surface area contributed by atoms with Crippen molar-refractivity contribution in [3.63, 3.8) is 0 Å². The highest BCUT2D eigenvalue weighted by Crippen LogP contribution is 2.18. The Morgan fingerprint density at radius 1 is 1.62 bits per heavy atom. The summed E-state index contributed by atoms with van der Waals surface area (Å²) in [5, 5.41) is 3.48. The zero-order valence-electron chi connectivity index (χ0n) is 6.50. The standard InChI is InChI=1S/C5H5N3O3S2/c1-3-4(13(9,10)11)8-5(7-3)12-2-6-8/h2H,1H3,(H,9,10,11). The first-order valence-electron chi connectivity index (χ1n) is 3.26. The van der Waals surface area contributed by atoms with E-state index in [1.165, 1.54) is 23.8 Å². The number of imidazole rings is 1. The second-order valence-electron chi connectivity index (χ2n) is 2.41. The van der Waals surface area contributed by atoms with Gasteiger partial charge in [0.1, 0.15) is 5.51 Å². The normalized spacial score (nSPS) is 12.5. The molecular formula is C5H5N3O3S2. The second-order valence-corrected chi connectivity index (χ2v) is 4.56. The number of aromatic nitrogens is 3. The molecule has 1 N–H and O–H groups in total. The van der Waals surface area contributed by atoms with E-state index in [2.05, 4.69) is 10.1 Å². The van der Waals surface area contributed by atoms with Crippen molar-refractivity contribution in [2.75, 3.05) is 0 Å². The van der Waals surface area contributed by atoms with Gasteiger partial charge < -0.3 is 0 Å². The third-order valence-corrected chi connectivity index (χ3v) is 3.14. The van der Waals surface area contributed by atoms with Gasteiger partial charge in [-0.3, -0.25) is 4.55 Å². The smallest absolute Gasteiger partial charge is 0.281 e. The van der Waals surface area contributed by atoms with Crippen molar-refractivity contribution in [1.82, 2.24) is 14.6 Å². The second kappa shape index (κ2) is 2.50. The van der Waals surface area contributed by atoms with Crippen LogP contribution in [0, 0.1) is 6.92 Å². The molecule has 0 aromatic carbocycles. The van der Waals surface area contributed by atoms with Crippen molar-refractivity contribution in [1.29, 1.82) is 0 Å². The maximum Gasteiger partial charge on any atom is 0.314 e. The SMILES string of the molecule is Cc1nc2scnn2c1S(=O)(=O)O. The van der Waals surface area contributed by atoms with Gasteiger partial charge in [0.2, 0.25) is 9.99 Å². The van der Waals surface area contributed by atoms with E-state index in [1.54, 1.807) is 0 Å². The predicted molar refractivity (Wildman–Crippen MR) is 45.4 cm³/mol. The molecule has 0 saturated carbocycles. The van der Waals surface area contributed by atoms with Crippen LogP contribution in [0.4, 0.5) is 0 Å². The lowest BCUT2D eigenvalue weighted by Crippen LogP contribution is -2.04. The Kier molecular flexibility index (Phi) is 1.65. The van der Waals surface area contributed by atoms with Crippen molar-refractivity contribution in [2.45, 2.75) is 11.9 Å². The number of nitrogens with zero attached hydrogens (tertiary/aromatic N) is 3. The van der Waals surface area contributed by atoms with Gasteiger partial charge in [-0.1, -0.05) is 11.3 Å². The Hall–Kier alpha value is -0.990. The summed E-state index contributed by atoms with van der Waals surface area (Å²) in [4.78, 5) is 4.37. The molecule has 0 aliphatic heterocycles. The van der Waals surface area contributed by atoms with Crippen LogP contribution in [0.2, 0.25) is 0 Å². The molecule has 13 heavy (non-hydrogen) atoms. The first-order chi connectivity index (χ1) is 6.00. The maximum atomic E-state index is 10.9. The van der Waals surface area contributed by atoms with Crippen LogP contribution in [0.15, 0.2) is 10.5 Å². The molecule has 70 valence electrons. The minimum atomic E-state index is -4.24. The van der Waals surface area contributed by atoms with Gasteiger partial charge in [0.05, 0.1) is 5.69 Å². The Labute approximate surface area is 77.6 Å². The summed E-state index contributed by atoms with van der Waals surface area (Å²) < 4.78 is 31.7. The van der Waals surface area contributed by atoms with Crippen LogP contribution in [0.25, 0.3) is 4.96 Å². The van der Waals surface area contributed by atoms with Gasteiger partial charge in [-0.2, -0.15) is 18.0 Å². The van der Waals surface area contributed by atoms with E-state index in [-0.39, 0.29) is 10.7 Å². The number of aryl methyl sites for hydroxylation is 1. The molecule has 0 atom stereocenters. The zero-order valence-corrected chi connectivity index (χ0v) is 8.13. The van der Waals surface area contributed by atoms with E-state index < -0.39 is 10.1 Å². The first kappa shape index (κ1) is 8.60. The first-order valence-corrected chi connectivity index (χ1v) is 5.58. The quantitative estimate of drug-likeness (QED) is 0.699. The molecule has 0 amide bonds. The molecule has 2 aromatic rings. The summed E-state index contributed by atoms with van der Waals surface area (Å²) in [6.45, 7) is 1.50. The lowest BCUT2D eigenvalue weighted by molar-refractivity contribution is 0.475. The molecule has 8 heteroatoms. The fraction of sp³-hybridized carbons (Fsp3) is 0.200. The van der Waals surface area contributed by atoms with E-state index in [9.17, 15) is 8.42 Å². The van der Waals surface area contributed by atoms with Crippen LogP contribution in [-0.2, 0) is 10.1 Å².